The van der Waals surface area contributed by atoms with Gasteiger partial charge < -0.3 is 20.1 Å². The fourth-order valence-corrected chi connectivity index (χ4v) is 3.16. The fourth-order valence-electron chi connectivity index (χ4n) is 2.98. The molecule has 1 aliphatic heterocycles. The lowest BCUT2D eigenvalue weighted by Gasteiger charge is -2.34. The number of benzene rings is 1. The average molecular weight is 496 g/mol. The van der Waals surface area contributed by atoms with Crippen molar-refractivity contribution in [2.45, 2.75) is 58.6 Å². The molecule has 0 atom stereocenters. The van der Waals surface area contributed by atoms with Crippen LogP contribution in [0.2, 0.25) is 0 Å². The van der Waals surface area contributed by atoms with Crippen LogP contribution >= 0.6 is 11.6 Å². The predicted octanol–water partition coefficient (Wildman–Crippen LogP) is 3.59. The maximum absolute atomic E-state index is 12.8. The molecule has 0 aliphatic carbocycles. The van der Waals surface area contributed by atoms with Gasteiger partial charge in [-0.2, -0.15) is 0 Å². The number of alkyl halides is 1. The molecule has 0 saturated carbocycles. The lowest BCUT2D eigenvalue weighted by molar-refractivity contribution is 0.0141. The zero-order valence-corrected chi connectivity index (χ0v) is 21.4. The minimum Gasteiger partial charge on any atom is -0.443 e. The number of nitrogens with zero attached hydrogens (tertiary/aromatic N) is 4. The van der Waals surface area contributed by atoms with Gasteiger partial charge in [0.05, 0.1) is 13.1 Å². The van der Waals surface area contributed by atoms with Gasteiger partial charge in [-0.3, -0.25) is 9.80 Å². The molecule has 2 rings (SSSR count). The van der Waals surface area contributed by atoms with E-state index in [-0.39, 0.29) is 11.9 Å². The van der Waals surface area contributed by atoms with E-state index in [1.54, 1.807) is 63.6 Å². The van der Waals surface area contributed by atoms with Crippen LogP contribution in [-0.4, -0.2) is 76.2 Å². The molecule has 1 heterocycles. The molecular formula is C23H34ClN5O5. The van der Waals surface area contributed by atoms with Gasteiger partial charge in [0.25, 0.3) is 5.91 Å². The molecule has 0 bridgehead atoms. The smallest absolute Gasteiger partial charge is 0.427 e. The number of halogens is 1. The number of carbonyl (C=O) groups is 3. The number of guanidine groups is 1. The van der Waals surface area contributed by atoms with Gasteiger partial charge in [0.2, 0.25) is 5.96 Å². The van der Waals surface area contributed by atoms with E-state index < -0.39 is 23.4 Å². The molecule has 1 aliphatic rings. The molecule has 188 valence electrons. The third-order valence-corrected chi connectivity index (χ3v) is 4.83. The number of amides is 3. The summed E-state index contributed by atoms with van der Waals surface area (Å²) in [6.45, 7) is 11.5. The Balaban J connectivity index is 2.10. The third kappa shape index (κ3) is 8.09. The molecule has 1 fully saturated rings. The van der Waals surface area contributed by atoms with Crippen LogP contribution in [0.25, 0.3) is 0 Å². The van der Waals surface area contributed by atoms with Crippen molar-refractivity contribution in [2.24, 2.45) is 10.8 Å². The van der Waals surface area contributed by atoms with Crippen molar-refractivity contribution < 1.29 is 23.9 Å². The molecule has 2 N–H and O–H groups in total. The van der Waals surface area contributed by atoms with Crippen molar-refractivity contribution in [3.05, 3.63) is 35.4 Å². The summed E-state index contributed by atoms with van der Waals surface area (Å²) in [5, 5.41) is 5.82. The van der Waals surface area contributed by atoms with E-state index in [0.717, 1.165) is 5.56 Å². The second-order valence-corrected chi connectivity index (χ2v) is 10.1. The van der Waals surface area contributed by atoms with Crippen LogP contribution in [0.3, 0.4) is 0 Å². The van der Waals surface area contributed by atoms with Crippen LogP contribution in [0.5, 0.6) is 0 Å². The molecule has 11 heteroatoms. The Morgan fingerprint density at radius 2 is 1.41 bits per heavy atom. The summed E-state index contributed by atoms with van der Waals surface area (Å²) in [5.74, 6) is -0.0855. The molecule has 10 nitrogen and oxygen atoms in total. The summed E-state index contributed by atoms with van der Waals surface area (Å²) in [6.07, 6.45) is -1.98. The third-order valence-electron chi connectivity index (χ3n) is 4.52. The topological polar surface area (TPSA) is 118 Å². The minimum absolute atomic E-state index is 0.0955. The summed E-state index contributed by atoms with van der Waals surface area (Å²) in [4.78, 5) is 40.4. The highest BCUT2D eigenvalue weighted by atomic mass is 35.5. The van der Waals surface area contributed by atoms with Gasteiger partial charge in [-0.05, 0) is 59.2 Å². The average Bonchev–Trinajstić information content (AvgIpc) is 2.71. The van der Waals surface area contributed by atoms with E-state index in [1.165, 1.54) is 0 Å². The lowest BCUT2D eigenvalue weighted by Crippen LogP contribution is -2.52. The lowest BCUT2D eigenvalue weighted by atomic mass is 10.1. The van der Waals surface area contributed by atoms with E-state index in [4.69, 9.17) is 26.8 Å². The van der Waals surface area contributed by atoms with Crippen molar-refractivity contribution in [1.29, 1.82) is 0 Å². The van der Waals surface area contributed by atoms with Crippen molar-refractivity contribution >= 4 is 35.7 Å². The Morgan fingerprint density at radius 3 is 1.82 bits per heavy atom. The Kier molecular flexibility index (Phi) is 8.77. The van der Waals surface area contributed by atoms with Crippen molar-refractivity contribution in [3.63, 3.8) is 0 Å². The molecule has 1 aromatic carbocycles. The van der Waals surface area contributed by atoms with Crippen molar-refractivity contribution in [2.75, 3.05) is 26.2 Å². The normalized spacial score (nSPS) is 15.1. The van der Waals surface area contributed by atoms with Crippen LogP contribution < -0.4 is 5.73 Å². The molecule has 0 unspecified atom stereocenters. The SMILES string of the molecule is CC(C)(C)OC(=O)N(C(=O)OC(C)(C)C)C(N)=NN1CCN(C(=O)c2ccc(CCl)cc2)CC1. The second-order valence-electron chi connectivity index (χ2n) is 9.83. The summed E-state index contributed by atoms with van der Waals surface area (Å²) in [7, 11) is 0. The number of hydrogen-bond acceptors (Lipinski definition) is 7. The molecule has 34 heavy (non-hydrogen) atoms. The number of rotatable bonds is 3. The highest BCUT2D eigenvalue weighted by Gasteiger charge is 2.35. The van der Waals surface area contributed by atoms with E-state index >= 15 is 0 Å². The minimum atomic E-state index is -0.989. The maximum atomic E-state index is 12.8. The summed E-state index contributed by atoms with van der Waals surface area (Å²) in [5.41, 5.74) is 5.84. The van der Waals surface area contributed by atoms with Gasteiger partial charge in [0.15, 0.2) is 0 Å². The maximum Gasteiger partial charge on any atom is 0.427 e. The molecule has 0 spiro atoms. The zero-order valence-electron chi connectivity index (χ0n) is 20.6. The highest BCUT2D eigenvalue weighted by molar-refractivity contribution is 6.17. The van der Waals surface area contributed by atoms with Crippen LogP contribution in [0.4, 0.5) is 9.59 Å². The Bertz CT molecular complexity index is 885. The van der Waals surface area contributed by atoms with Gasteiger partial charge in [0, 0.05) is 24.5 Å². The zero-order chi connectivity index (χ0) is 25.7. The number of hydrazone groups is 1. The summed E-state index contributed by atoms with van der Waals surface area (Å²) >= 11 is 5.80. The number of hydrogen-bond donors (Lipinski definition) is 1. The molecular weight excluding hydrogens is 462 g/mol. The molecule has 1 aromatic rings. The first-order valence-corrected chi connectivity index (χ1v) is 11.5. The monoisotopic (exact) mass is 495 g/mol. The van der Waals surface area contributed by atoms with Gasteiger partial charge in [-0.15, -0.1) is 21.6 Å². The second kappa shape index (κ2) is 10.9. The predicted molar refractivity (Wildman–Crippen MR) is 129 cm³/mol. The van der Waals surface area contributed by atoms with Gasteiger partial charge in [-0.25, -0.2) is 9.59 Å². The van der Waals surface area contributed by atoms with Crippen molar-refractivity contribution in [3.8, 4) is 0 Å². The number of piperazine rings is 1. The number of imide groups is 1. The number of ether oxygens (including phenoxy) is 2. The summed E-state index contributed by atoms with van der Waals surface area (Å²) < 4.78 is 10.6. The van der Waals surface area contributed by atoms with E-state index in [9.17, 15) is 14.4 Å². The standard InChI is InChI=1S/C23H34ClN5O5/c1-22(2,3)33-20(31)29(21(32)34-23(4,5)6)19(25)26-28-13-11-27(12-14-28)18(30)17-9-7-16(15-24)8-10-17/h7-10H,11-15H2,1-6H3,(H2,25,26). The van der Waals surface area contributed by atoms with E-state index in [0.29, 0.717) is 42.5 Å². The van der Waals surface area contributed by atoms with Crippen molar-refractivity contribution in [1.82, 2.24) is 14.8 Å². The van der Waals surface area contributed by atoms with Gasteiger partial charge in [-0.1, -0.05) is 12.1 Å². The van der Waals surface area contributed by atoms with Crippen LogP contribution in [0.1, 0.15) is 57.5 Å². The van der Waals surface area contributed by atoms with E-state index in [2.05, 4.69) is 5.10 Å². The molecule has 1 saturated heterocycles. The number of carbonyl (C=O) groups excluding carboxylic acids is 3. The first-order chi connectivity index (χ1) is 15.7. The largest absolute Gasteiger partial charge is 0.443 e. The van der Waals surface area contributed by atoms with E-state index in [1.807, 2.05) is 12.1 Å². The van der Waals surface area contributed by atoms with Crippen LogP contribution in [0, 0.1) is 0 Å². The van der Waals surface area contributed by atoms with Gasteiger partial charge >= 0.3 is 12.2 Å². The van der Waals surface area contributed by atoms with Crippen LogP contribution in [0.15, 0.2) is 29.4 Å². The summed E-state index contributed by atoms with van der Waals surface area (Å²) in [6, 6.07) is 7.15. The Morgan fingerprint density at radius 1 is 0.941 bits per heavy atom. The quantitative estimate of drug-likeness (QED) is 0.386. The Hall–Kier alpha value is -3.01. The first kappa shape index (κ1) is 27.2. The van der Waals surface area contributed by atoms with Crippen LogP contribution in [-0.2, 0) is 15.4 Å². The van der Waals surface area contributed by atoms with Gasteiger partial charge in [0.1, 0.15) is 11.2 Å². The highest BCUT2D eigenvalue weighted by Crippen LogP contribution is 2.16. The first-order valence-electron chi connectivity index (χ1n) is 11.0. The fraction of sp³-hybridized carbons (Fsp3) is 0.565. The molecule has 0 radical (unpaired) electrons. The Labute approximate surface area is 205 Å². The molecule has 0 aromatic heterocycles. The number of nitrogens with two attached hydrogens (primary N) is 1. The molecule has 3 amide bonds.